The van der Waals surface area contributed by atoms with Crippen molar-refractivity contribution in [1.82, 2.24) is 4.98 Å². The third kappa shape index (κ3) is 7.66. The Balaban J connectivity index is 1.27. The molecule has 3 aromatic rings. The molecule has 6 nitrogen and oxygen atoms in total. The van der Waals surface area contributed by atoms with Crippen LogP contribution >= 0.6 is 0 Å². The zero-order valence-corrected chi connectivity index (χ0v) is 20.5. The number of rotatable bonds is 10. The lowest BCUT2D eigenvalue weighted by Gasteiger charge is -2.29. The molecule has 0 amide bonds. The van der Waals surface area contributed by atoms with E-state index in [1.165, 1.54) is 12.1 Å². The number of aryl methyl sites for hydroxylation is 1. The Hall–Kier alpha value is -3.17. The molecule has 0 spiro atoms. The lowest BCUT2D eigenvalue weighted by atomic mass is 9.94. The number of carboxylic acids is 1. The molecule has 1 saturated carbocycles. The number of benzene rings is 2. The fraction of sp³-hybridized carbons (Fsp3) is 0.429. The first-order valence-corrected chi connectivity index (χ1v) is 12.3. The van der Waals surface area contributed by atoms with Crippen LogP contribution in [0.3, 0.4) is 0 Å². The Labute approximate surface area is 213 Å². The van der Waals surface area contributed by atoms with Gasteiger partial charge in [0.25, 0.3) is 0 Å². The van der Waals surface area contributed by atoms with Gasteiger partial charge in [-0.25, -0.2) is 4.98 Å². The van der Waals surface area contributed by atoms with Crippen LogP contribution in [0.2, 0.25) is 0 Å². The first-order chi connectivity index (χ1) is 17.7. The van der Waals surface area contributed by atoms with Crippen molar-refractivity contribution in [2.75, 3.05) is 6.61 Å². The van der Waals surface area contributed by atoms with Gasteiger partial charge in [-0.15, -0.1) is 0 Å². The summed E-state index contributed by atoms with van der Waals surface area (Å²) in [6.45, 7) is 2.22. The number of halogens is 3. The third-order valence-electron chi connectivity index (χ3n) is 6.48. The molecule has 0 radical (unpaired) electrons. The molecular weight excluding hydrogens is 487 g/mol. The number of oxazole rings is 1. The van der Waals surface area contributed by atoms with Gasteiger partial charge in [-0.3, -0.25) is 4.79 Å². The summed E-state index contributed by atoms with van der Waals surface area (Å²) < 4.78 is 56.5. The average Bonchev–Trinajstić information content (AvgIpc) is 3.34. The summed E-state index contributed by atoms with van der Waals surface area (Å²) in [4.78, 5) is 16.3. The van der Waals surface area contributed by atoms with Crippen molar-refractivity contribution in [2.24, 2.45) is 5.92 Å². The predicted molar refractivity (Wildman–Crippen MR) is 130 cm³/mol. The lowest BCUT2D eigenvalue weighted by molar-refractivity contribution is -0.145. The van der Waals surface area contributed by atoms with Crippen LogP contribution in [0, 0.1) is 12.8 Å². The monoisotopic (exact) mass is 517 g/mol. The Bertz CT molecular complexity index is 1190. The summed E-state index contributed by atoms with van der Waals surface area (Å²) in [5.74, 6) is -1.51. The van der Waals surface area contributed by atoms with Gasteiger partial charge in [0.2, 0.25) is 5.89 Å². The molecule has 1 fully saturated rings. The molecule has 198 valence electrons. The second-order valence-electron chi connectivity index (χ2n) is 9.51. The maximum absolute atomic E-state index is 13.0. The van der Waals surface area contributed by atoms with Crippen LogP contribution in [0.5, 0.6) is 0 Å². The molecule has 1 aliphatic carbocycles. The minimum absolute atomic E-state index is 0.0403. The Morgan fingerprint density at radius 2 is 1.89 bits per heavy atom. The molecular formula is C28H30F3NO5. The molecule has 1 N–H and O–H groups in total. The number of alkyl halides is 3. The molecule has 2 aromatic carbocycles. The number of hydrogen-bond donors (Lipinski definition) is 1. The van der Waals surface area contributed by atoms with E-state index in [0.29, 0.717) is 30.2 Å². The fourth-order valence-electron chi connectivity index (χ4n) is 4.52. The Morgan fingerprint density at radius 1 is 1.14 bits per heavy atom. The summed E-state index contributed by atoms with van der Waals surface area (Å²) >= 11 is 0. The molecule has 37 heavy (non-hydrogen) atoms. The molecule has 0 aliphatic heterocycles. The molecule has 1 heterocycles. The highest BCUT2D eigenvalue weighted by molar-refractivity contribution is 5.70. The zero-order chi connectivity index (χ0) is 26.4. The van der Waals surface area contributed by atoms with Gasteiger partial charge in [-0.2, -0.15) is 13.2 Å². The van der Waals surface area contributed by atoms with E-state index in [1.807, 2.05) is 31.2 Å². The van der Waals surface area contributed by atoms with Gasteiger partial charge in [0.15, 0.2) is 0 Å². The van der Waals surface area contributed by atoms with E-state index in [9.17, 15) is 23.1 Å². The Kier molecular flexibility index (Phi) is 8.66. The van der Waals surface area contributed by atoms with Gasteiger partial charge in [0.1, 0.15) is 12.0 Å². The number of aliphatic carboxylic acids is 1. The number of aromatic nitrogens is 1. The predicted octanol–water partition coefficient (Wildman–Crippen LogP) is 6.46. The molecule has 4 rings (SSSR count). The molecule has 1 unspecified atom stereocenters. The highest BCUT2D eigenvalue weighted by atomic mass is 19.4. The van der Waals surface area contributed by atoms with Crippen molar-refractivity contribution < 1.29 is 37.0 Å². The quantitative estimate of drug-likeness (QED) is 0.333. The second-order valence-corrected chi connectivity index (χ2v) is 9.51. The molecule has 9 heteroatoms. The maximum atomic E-state index is 13.0. The van der Waals surface area contributed by atoms with Crippen LogP contribution in [0.4, 0.5) is 13.2 Å². The van der Waals surface area contributed by atoms with Crippen molar-refractivity contribution in [3.05, 3.63) is 77.2 Å². The number of carbonyl (C=O) groups is 1. The van der Waals surface area contributed by atoms with E-state index >= 15 is 0 Å². The van der Waals surface area contributed by atoms with Gasteiger partial charge >= 0.3 is 12.1 Å². The van der Waals surface area contributed by atoms with E-state index in [1.54, 1.807) is 6.26 Å². The smallest absolute Gasteiger partial charge is 0.416 e. The third-order valence-corrected chi connectivity index (χ3v) is 6.48. The largest absolute Gasteiger partial charge is 0.481 e. The fourth-order valence-corrected chi connectivity index (χ4v) is 4.52. The van der Waals surface area contributed by atoms with Gasteiger partial charge in [0.05, 0.1) is 36.9 Å². The van der Waals surface area contributed by atoms with E-state index in [-0.39, 0.29) is 25.2 Å². The minimum Gasteiger partial charge on any atom is -0.481 e. The first kappa shape index (κ1) is 26.9. The molecule has 0 bridgehead atoms. The maximum Gasteiger partial charge on any atom is 0.416 e. The minimum atomic E-state index is -4.48. The van der Waals surface area contributed by atoms with Gasteiger partial charge in [-0.05, 0) is 62.8 Å². The van der Waals surface area contributed by atoms with Crippen LogP contribution in [0.25, 0.3) is 11.5 Å². The van der Waals surface area contributed by atoms with E-state index in [0.717, 1.165) is 42.5 Å². The number of carboxylic acid groups (broad SMARTS) is 1. The van der Waals surface area contributed by atoms with Crippen molar-refractivity contribution in [2.45, 2.75) is 64.0 Å². The zero-order valence-electron chi connectivity index (χ0n) is 20.5. The van der Waals surface area contributed by atoms with Crippen molar-refractivity contribution in [1.29, 1.82) is 0 Å². The molecule has 1 aromatic heterocycles. The molecule has 0 saturated heterocycles. The van der Waals surface area contributed by atoms with E-state index in [2.05, 4.69) is 4.98 Å². The normalized spacial score (nSPS) is 19.0. The number of nitrogens with zero attached hydrogens (tertiary/aromatic N) is 1. The SMILES string of the molecule is Cc1cccc(-c2nc(CO[C@H]3CCC[C@@H](OCC(Cc4cccc(C(F)(F)F)c4)C(=O)O)C3)co2)c1. The van der Waals surface area contributed by atoms with Crippen molar-refractivity contribution in [3.63, 3.8) is 0 Å². The van der Waals surface area contributed by atoms with Crippen LogP contribution in [0.1, 0.15) is 48.1 Å². The molecule has 3 atom stereocenters. The summed E-state index contributed by atoms with van der Waals surface area (Å²) in [7, 11) is 0. The van der Waals surface area contributed by atoms with E-state index < -0.39 is 23.6 Å². The highest BCUT2D eigenvalue weighted by Crippen LogP contribution is 2.30. The van der Waals surface area contributed by atoms with Crippen LogP contribution in [-0.4, -0.2) is 34.9 Å². The second kappa shape index (κ2) is 11.9. The van der Waals surface area contributed by atoms with Crippen LogP contribution in [0.15, 0.2) is 59.2 Å². The summed E-state index contributed by atoms with van der Waals surface area (Å²) in [5.41, 5.74) is 2.22. The number of ether oxygens (including phenoxy) is 2. The summed E-state index contributed by atoms with van der Waals surface area (Å²) in [6.07, 6.45) is -0.0667. The molecule has 1 aliphatic rings. The average molecular weight is 518 g/mol. The lowest BCUT2D eigenvalue weighted by Crippen LogP contribution is -2.31. The number of hydrogen-bond acceptors (Lipinski definition) is 5. The summed E-state index contributed by atoms with van der Waals surface area (Å²) in [5, 5.41) is 9.61. The van der Waals surface area contributed by atoms with Crippen molar-refractivity contribution in [3.8, 4) is 11.5 Å². The van der Waals surface area contributed by atoms with Gasteiger partial charge in [-0.1, -0.05) is 35.9 Å². The highest BCUT2D eigenvalue weighted by Gasteiger charge is 2.31. The van der Waals surface area contributed by atoms with Crippen LogP contribution < -0.4 is 0 Å². The van der Waals surface area contributed by atoms with Crippen molar-refractivity contribution >= 4 is 5.97 Å². The standard InChI is InChI=1S/C28H30F3NO5/c1-18-5-2-7-20(11-18)26-32-23(17-37-26)16-36-25-10-4-9-24(14-25)35-15-21(27(33)34)12-19-6-3-8-22(13-19)28(29,30)31/h2-3,5-8,11,13,17,21,24-25H,4,9-10,12,14-16H2,1H3,(H,33,34)/t21?,24-,25+/m1/s1. The van der Waals surface area contributed by atoms with Crippen LogP contribution in [-0.2, 0) is 33.5 Å². The van der Waals surface area contributed by atoms with Gasteiger partial charge in [0, 0.05) is 5.56 Å². The first-order valence-electron chi connectivity index (χ1n) is 12.3. The Morgan fingerprint density at radius 3 is 2.62 bits per heavy atom. The van der Waals surface area contributed by atoms with Gasteiger partial charge < -0.3 is 19.0 Å². The summed E-state index contributed by atoms with van der Waals surface area (Å²) in [6, 6.07) is 12.6. The van der Waals surface area contributed by atoms with E-state index in [4.69, 9.17) is 13.9 Å². The topological polar surface area (TPSA) is 81.8 Å².